The molecule has 1 atom stereocenters. The number of amides is 3. The van der Waals surface area contributed by atoms with Crippen LogP contribution in [0.5, 0.6) is 11.5 Å². The predicted octanol–water partition coefficient (Wildman–Crippen LogP) is 6.28. The van der Waals surface area contributed by atoms with Gasteiger partial charge in [-0.25, -0.2) is 4.98 Å². The Morgan fingerprint density at radius 1 is 0.884 bits per heavy atom. The molecular weight excluding hydrogens is 588 g/mol. The van der Waals surface area contributed by atoms with Gasteiger partial charge in [-0.2, -0.15) is 0 Å². The molecule has 0 radical (unpaired) electrons. The van der Waals surface area contributed by atoms with E-state index < -0.39 is 17.1 Å². The van der Waals surface area contributed by atoms with Gasteiger partial charge < -0.3 is 25.4 Å². The molecule has 4 aromatic rings. The second-order valence-electron chi connectivity index (χ2n) is 9.09. The van der Waals surface area contributed by atoms with Gasteiger partial charge >= 0.3 is 0 Å². The van der Waals surface area contributed by atoms with E-state index in [-0.39, 0.29) is 11.6 Å². The largest absolute Gasteiger partial charge is 0.493 e. The van der Waals surface area contributed by atoms with Gasteiger partial charge in [0.15, 0.2) is 11.5 Å². The summed E-state index contributed by atoms with van der Waals surface area (Å²) in [7, 11) is 3.04. The van der Waals surface area contributed by atoms with Crippen LogP contribution in [0.1, 0.15) is 22.8 Å². The highest BCUT2D eigenvalue weighted by atomic mass is 35.5. The zero-order valence-electron chi connectivity index (χ0n) is 23.6. The summed E-state index contributed by atoms with van der Waals surface area (Å²) in [5.41, 5.74) is 1.50. The Kier molecular flexibility index (Phi) is 10.8. The number of rotatable bonds is 11. The van der Waals surface area contributed by atoms with Crippen LogP contribution in [0.15, 0.2) is 102 Å². The molecule has 0 aliphatic rings. The fraction of sp³-hybridized carbons (Fsp3) is 0.125. The van der Waals surface area contributed by atoms with Gasteiger partial charge in [0, 0.05) is 22.3 Å². The van der Waals surface area contributed by atoms with Crippen molar-refractivity contribution in [3.63, 3.8) is 0 Å². The number of thioether (sulfide) groups is 1. The monoisotopic (exact) mass is 616 g/mol. The molecule has 0 fully saturated rings. The highest BCUT2D eigenvalue weighted by molar-refractivity contribution is 8.00. The fourth-order valence-electron chi connectivity index (χ4n) is 3.83. The van der Waals surface area contributed by atoms with Crippen LogP contribution in [0, 0.1) is 0 Å². The summed E-state index contributed by atoms with van der Waals surface area (Å²) in [6.45, 7) is 1.77. The lowest BCUT2D eigenvalue weighted by molar-refractivity contribution is -0.115. The van der Waals surface area contributed by atoms with E-state index >= 15 is 0 Å². The standard InChI is InChI=1S/C32H29ClN4O5S/c1-20(30(38)37-29-15-13-23(33)19-34-29)43-25-11-7-10-24(18-25)35-32(40)26(36-31(39)22-8-5-4-6-9-22)16-21-12-14-27(41-2)28(17-21)42-3/h4-20H,1-3H3,(H,35,40)(H,36,39)(H,34,37,38)/b26-16+. The Labute approximate surface area is 258 Å². The van der Waals surface area contributed by atoms with Gasteiger partial charge in [-0.1, -0.05) is 41.9 Å². The molecule has 43 heavy (non-hydrogen) atoms. The molecule has 4 rings (SSSR count). The molecule has 0 aliphatic heterocycles. The number of hydrogen-bond acceptors (Lipinski definition) is 7. The smallest absolute Gasteiger partial charge is 0.272 e. The Balaban J connectivity index is 1.52. The van der Waals surface area contributed by atoms with Crippen molar-refractivity contribution in [2.75, 3.05) is 24.9 Å². The Bertz CT molecular complexity index is 1630. The van der Waals surface area contributed by atoms with E-state index in [0.29, 0.717) is 39.2 Å². The average molecular weight is 617 g/mol. The second-order valence-corrected chi connectivity index (χ2v) is 10.9. The van der Waals surface area contributed by atoms with Crippen LogP contribution in [0.4, 0.5) is 11.5 Å². The number of ether oxygens (including phenoxy) is 2. The molecule has 0 saturated heterocycles. The van der Waals surface area contributed by atoms with Gasteiger partial charge in [0.1, 0.15) is 11.5 Å². The average Bonchev–Trinajstić information content (AvgIpc) is 3.02. The molecule has 3 aromatic carbocycles. The minimum absolute atomic E-state index is 0.0161. The molecule has 1 aromatic heterocycles. The van der Waals surface area contributed by atoms with Crippen LogP contribution in [-0.2, 0) is 9.59 Å². The van der Waals surface area contributed by atoms with Crippen LogP contribution >= 0.6 is 23.4 Å². The normalized spacial score (nSPS) is 11.7. The third kappa shape index (κ3) is 8.84. The number of pyridine rings is 1. The summed E-state index contributed by atoms with van der Waals surface area (Å²) in [6, 6.07) is 24.1. The van der Waals surface area contributed by atoms with Gasteiger partial charge in [-0.15, -0.1) is 11.8 Å². The molecule has 1 heterocycles. The van der Waals surface area contributed by atoms with Gasteiger partial charge in [0.25, 0.3) is 11.8 Å². The zero-order chi connectivity index (χ0) is 30.8. The second kappa shape index (κ2) is 14.9. The van der Waals surface area contributed by atoms with Crippen molar-refractivity contribution in [1.82, 2.24) is 10.3 Å². The van der Waals surface area contributed by atoms with Gasteiger partial charge in [0.05, 0.1) is 24.5 Å². The molecule has 0 aliphatic carbocycles. The predicted molar refractivity (Wildman–Crippen MR) is 170 cm³/mol. The molecule has 3 amide bonds. The number of anilines is 2. The number of hydrogen-bond donors (Lipinski definition) is 3. The first-order valence-electron chi connectivity index (χ1n) is 13.1. The summed E-state index contributed by atoms with van der Waals surface area (Å²) >= 11 is 7.18. The summed E-state index contributed by atoms with van der Waals surface area (Å²) in [5.74, 6) is 0.176. The van der Waals surface area contributed by atoms with Crippen molar-refractivity contribution in [3.05, 3.63) is 113 Å². The first-order chi connectivity index (χ1) is 20.7. The molecule has 0 bridgehead atoms. The minimum atomic E-state index is -0.541. The van der Waals surface area contributed by atoms with Crippen LogP contribution in [0.3, 0.4) is 0 Å². The fourth-order valence-corrected chi connectivity index (χ4v) is 4.87. The van der Waals surface area contributed by atoms with E-state index in [4.69, 9.17) is 21.1 Å². The molecule has 0 spiro atoms. The van der Waals surface area contributed by atoms with Crippen molar-refractivity contribution < 1.29 is 23.9 Å². The lowest BCUT2D eigenvalue weighted by atomic mass is 10.1. The number of aromatic nitrogens is 1. The van der Waals surface area contributed by atoms with Gasteiger partial charge in [0.2, 0.25) is 5.91 Å². The van der Waals surface area contributed by atoms with E-state index in [1.54, 1.807) is 91.9 Å². The van der Waals surface area contributed by atoms with E-state index in [9.17, 15) is 14.4 Å². The number of nitrogens with zero attached hydrogens (tertiary/aromatic N) is 1. The van der Waals surface area contributed by atoms with E-state index in [1.807, 2.05) is 6.07 Å². The van der Waals surface area contributed by atoms with Crippen molar-refractivity contribution >= 4 is 58.7 Å². The van der Waals surface area contributed by atoms with Gasteiger partial charge in [-0.3, -0.25) is 14.4 Å². The first-order valence-corrected chi connectivity index (χ1v) is 14.3. The third-order valence-corrected chi connectivity index (χ3v) is 7.32. The van der Waals surface area contributed by atoms with Crippen molar-refractivity contribution in [2.24, 2.45) is 0 Å². The highest BCUT2D eigenvalue weighted by Gasteiger charge is 2.18. The maximum atomic E-state index is 13.5. The number of benzene rings is 3. The van der Waals surface area contributed by atoms with E-state index in [1.165, 1.54) is 32.2 Å². The molecule has 3 N–H and O–H groups in total. The summed E-state index contributed by atoms with van der Waals surface area (Å²) in [4.78, 5) is 44.0. The number of nitrogens with one attached hydrogen (secondary N) is 3. The Hall–Kier alpha value is -4.80. The molecule has 11 heteroatoms. The maximum absolute atomic E-state index is 13.5. The quantitative estimate of drug-likeness (QED) is 0.134. The van der Waals surface area contributed by atoms with Crippen LogP contribution in [-0.4, -0.2) is 42.2 Å². The number of halogens is 1. The third-order valence-electron chi connectivity index (χ3n) is 6.00. The summed E-state index contributed by atoms with van der Waals surface area (Å²) < 4.78 is 10.7. The maximum Gasteiger partial charge on any atom is 0.272 e. The molecule has 0 saturated carbocycles. The van der Waals surface area contributed by atoms with Crippen LogP contribution in [0.2, 0.25) is 5.02 Å². The first kappa shape index (κ1) is 31.1. The van der Waals surface area contributed by atoms with Crippen molar-refractivity contribution in [3.8, 4) is 11.5 Å². The lowest BCUT2D eigenvalue weighted by Gasteiger charge is -2.14. The molecular formula is C32H29ClN4O5S. The van der Waals surface area contributed by atoms with Crippen molar-refractivity contribution in [2.45, 2.75) is 17.1 Å². The summed E-state index contributed by atoms with van der Waals surface area (Å²) in [5, 5.41) is 8.33. The minimum Gasteiger partial charge on any atom is -0.493 e. The number of carbonyl (C=O) groups is 3. The molecule has 9 nitrogen and oxygen atoms in total. The number of methoxy groups -OCH3 is 2. The lowest BCUT2D eigenvalue weighted by Crippen LogP contribution is -2.30. The topological polar surface area (TPSA) is 119 Å². The van der Waals surface area contributed by atoms with Crippen LogP contribution in [0.25, 0.3) is 6.08 Å². The van der Waals surface area contributed by atoms with E-state index in [0.717, 1.165) is 4.90 Å². The number of carbonyl (C=O) groups excluding carboxylic acids is 3. The summed E-state index contributed by atoms with van der Waals surface area (Å²) in [6.07, 6.45) is 3.01. The molecule has 1 unspecified atom stereocenters. The zero-order valence-corrected chi connectivity index (χ0v) is 25.2. The van der Waals surface area contributed by atoms with Crippen molar-refractivity contribution in [1.29, 1.82) is 0 Å². The van der Waals surface area contributed by atoms with E-state index in [2.05, 4.69) is 20.9 Å². The van der Waals surface area contributed by atoms with Crippen LogP contribution < -0.4 is 25.4 Å². The Morgan fingerprint density at radius 3 is 2.35 bits per heavy atom. The SMILES string of the molecule is COc1ccc(/C=C(/NC(=O)c2ccccc2)C(=O)Nc2cccc(SC(C)C(=O)Nc3ccc(Cl)cn3)c2)cc1OC. The van der Waals surface area contributed by atoms with Gasteiger partial charge in [-0.05, 0) is 73.2 Å². The Morgan fingerprint density at radius 2 is 1.65 bits per heavy atom. The highest BCUT2D eigenvalue weighted by Crippen LogP contribution is 2.29. The molecule has 220 valence electrons.